The topological polar surface area (TPSA) is 58.9 Å². The third kappa shape index (κ3) is 3.68. The summed E-state index contributed by atoms with van der Waals surface area (Å²) >= 11 is 0. The second-order valence-corrected chi connectivity index (χ2v) is 11.4. The van der Waals surface area contributed by atoms with Crippen molar-refractivity contribution in [1.29, 1.82) is 0 Å². The van der Waals surface area contributed by atoms with Gasteiger partial charge in [0.25, 0.3) is 0 Å². The molecular weight excluding hydrogens is 468 g/mol. The van der Waals surface area contributed by atoms with Gasteiger partial charge in [-0.3, -0.25) is 0 Å². The van der Waals surface area contributed by atoms with E-state index in [1.165, 1.54) is 6.07 Å². The number of aliphatic hydroxyl groups excluding tert-OH is 1. The molecule has 4 nitrogen and oxygen atoms in total. The number of pyridine rings is 1. The minimum Gasteiger partial charge on any atom is -0.393 e. The molecule has 1 saturated carbocycles. The Morgan fingerprint density at radius 2 is 1.70 bits per heavy atom. The van der Waals surface area contributed by atoms with Crippen molar-refractivity contribution in [2.24, 2.45) is 11.3 Å². The molecule has 0 spiro atoms. The van der Waals surface area contributed by atoms with Crippen LogP contribution in [0.1, 0.15) is 57.0 Å². The number of benzene rings is 2. The van der Waals surface area contributed by atoms with Crippen LogP contribution in [0.25, 0.3) is 33.5 Å². The highest BCUT2D eigenvalue weighted by atomic mass is 19.1. The van der Waals surface area contributed by atoms with Crippen molar-refractivity contribution in [2.75, 3.05) is 0 Å². The van der Waals surface area contributed by atoms with Gasteiger partial charge in [-0.15, -0.1) is 0 Å². The first-order chi connectivity index (χ1) is 17.7. The van der Waals surface area contributed by atoms with Gasteiger partial charge in [0.2, 0.25) is 0 Å². The molecule has 2 heterocycles. The van der Waals surface area contributed by atoms with E-state index in [1.54, 1.807) is 18.2 Å². The average molecular weight is 500 g/mol. The molecule has 1 fully saturated rings. The van der Waals surface area contributed by atoms with Crippen LogP contribution in [0, 0.1) is 17.2 Å². The van der Waals surface area contributed by atoms with Gasteiger partial charge in [-0.05, 0) is 61.3 Å². The summed E-state index contributed by atoms with van der Waals surface area (Å²) < 4.78 is 29.0. The molecule has 4 aromatic rings. The zero-order chi connectivity index (χ0) is 25.9. The average Bonchev–Trinajstić information content (AvgIpc) is 2.90. The molecule has 37 heavy (non-hydrogen) atoms. The molecule has 1 unspecified atom stereocenters. The molecule has 0 amide bonds. The van der Waals surface area contributed by atoms with Crippen molar-refractivity contribution in [3.05, 3.63) is 77.4 Å². The highest BCUT2D eigenvalue weighted by Crippen LogP contribution is 2.57. The minimum absolute atomic E-state index is 0.211. The summed E-state index contributed by atoms with van der Waals surface area (Å²) in [6.07, 6.45) is 2.67. The molecule has 0 bridgehead atoms. The second-order valence-electron chi connectivity index (χ2n) is 11.4. The molecule has 2 aromatic heterocycles. The fourth-order valence-electron chi connectivity index (χ4n) is 6.97. The maximum atomic E-state index is 15.2. The Morgan fingerprint density at radius 1 is 0.946 bits per heavy atom. The Kier molecular flexibility index (Phi) is 5.64. The fraction of sp³-hybridized carbons (Fsp3) is 0.387. The smallest absolute Gasteiger partial charge is 0.160 e. The third-order valence-electron chi connectivity index (χ3n) is 8.97. The van der Waals surface area contributed by atoms with E-state index in [0.29, 0.717) is 46.7 Å². The largest absolute Gasteiger partial charge is 0.393 e. The van der Waals surface area contributed by atoms with Gasteiger partial charge in [-0.2, -0.15) is 0 Å². The number of para-hydroxylation sites is 1. The number of aliphatic hydroxyl groups is 1. The number of hydrogen-bond donors (Lipinski definition) is 1. The van der Waals surface area contributed by atoms with Crippen molar-refractivity contribution >= 4 is 10.9 Å². The lowest BCUT2D eigenvalue weighted by Crippen LogP contribution is -2.54. The van der Waals surface area contributed by atoms with Crippen molar-refractivity contribution < 1.29 is 13.9 Å². The van der Waals surface area contributed by atoms with Crippen LogP contribution < -0.4 is 0 Å². The maximum Gasteiger partial charge on any atom is 0.160 e. The van der Waals surface area contributed by atoms with Crippen LogP contribution >= 0.6 is 0 Å². The van der Waals surface area contributed by atoms with Crippen LogP contribution in [0.2, 0.25) is 0 Å². The molecule has 0 radical (unpaired) electrons. The lowest BCUT2D eigenvalue weighted by atomic mass is 9.50. The van der Waals surface area contributed by atoms with Gasteiger partial charge in [-0.1, -0.05) is 51.1 Å². The molecule has 2 aliphatic carbocycles. The molecule has 0 aliphatic heterocycles. The first-order valence-corrected chi connectivity index (χ1v) is 13.0. The van der Waals surface area contributed by atoms with Crippen LogP contribution in [0.15, 0.2) is 54.6 Å². The number of rotatable bonds is 3. The van der Waals surface area contributed by atoms with Crippen molar-refractivity contribution in [3.63, 3.8) is 0 Å². The Bertz CT molecular complexity index is 1520. The number of aromatic nitrogens is 3. The zero-order valence-corrected chi connectivity index (χ0v) is 21.4. The fourth-order valence-corrected chi connectivity index (χ4v) is 6.97. The number of hydrogen-bond acceptors (Lipinski definition) is 4. The van der Waals surface area contributed by atoms with Crippen molar-refractivity contribution in [2.45, 2.75) is 64.6 Å². The number of alkyl halides is 1. The number of nitrogens with zero attached hydrogens (tertiary/aromatic N) is 3. The van der Waals surface area contributed by atoms with Crippen molar-refractivity contribution in [1.82, 2.24) is 15.0 Å². The van der Waals surface area contributed by atoms with Gasteiger partial charge in [-0.25, -0.2) is 23.7 Å². The van der Waals surface area contributed by atoms with Crippen LogP contribution in [-0.4, -0.2) is 26.2 Å². The Labute approximate surface area is 215 Å². The summed E-state index contributed by atoms with van der Waals surface area (Å²) in [7, 11) is 0. The van der Waals surface area contributed by atoms with E-state index < -0.39 is 6.67 Å². The Morgan fingerprint density at radius 3 is 2.49 bits per heavy atom. The zero-order valence-electron chi connectivity index (χ0n) is 21.4. The van der Waals surface area contributed by atoms with Crippen LogP contribution in [-0.2, 0) is 18.5 Å². The van der Waals surface area contributed by atoms with E-state index in [1.807, 2.05) is 30.3 Å². The molecule has 6 heteroatoms. The SMILES string of the molecule is CC1(C)C(O)CC[C@@]2(C)c3nc(-c4cc(CF)nc5ccccc45)nc(-c4ccccc4F)c3CC[C@H]12. The van der Waals surface area contributed by atoms with E-state index in [2.05, 4.69) is 25.8 Å². The predicted molar refractivity (Wildman–Crippen MR) is 141 cm³/mol. The second kappa shape index (κ2) is 8.66. The molecular formula is C31H31F2N3O. The monoisotopic (exact) mass is 499 g/mol. The standard InChI is InChI=1S/C31H31F2N3O/c1-30(2)25-13-12-21-27(20-9-4-6-10-23(20)33)35-29(36-28(21)31(25,3)15-14-26(30)37)22-16-18(17-32)34-24-11-7-5-8-19(22)24/h4-11,16,25-26,37H,12-15,17H2,1-3H3/t25-,26?,31-/m1/s1. The Hall–Kier alpha value is -3.25. The van der Waals surface area contributed by atoms with E-state index in [9.17, 15) is 9.50 Å². The quantitative estimate of drug-likeness (QED) is 0.331. The molecule has 6 rings (SSSR count). The third-order valence-corrected chi connectivity index (χ3v) is 8.97. The Balaban J connectivity index is 1.67. The summed E-state index contributed by atoms with van der Waals surface area (Å²) in [4.78, 5) is 14.6. The molecule has 0 saturated heterocycles. The first-order valence-electron chi connectivity index (χ1n) is 13.0. The normalized spacial score (nSPS) is 24.5. The summed E-state index contributed by atoms with van der Waals surface area (Å²) in [5, 5.41) is 11.7. The van der Waals surface area contributed by atoms with Gasteiger partial charge in [0.05, 0.1) is 28.7 Å². The highest BCUT2D eigenvalue weighted by Gasteiger charge is 2.54. The van der Waals surface area contributed by atoms with Gasteiger partial charge < -0.3 is 5.11 Å². The van der Waals surface area contributed by atoms with Gasteiger partial charge in [0.1, 0.15) is 12.5 Å². The maximum absolute atomic E-state index is 15.2. The van der Waals surface area contributed by atoms with Crippen LogP contribution in [0.4, 0.5) is 8.78 Å². The molecule has 190 valence electrons. The van der Waals surface area contributed by atoms with Gasteiger partial charge in [0, 0.05) is 27.5 Å². The first kappa shape index (κ1) is 24.1. The summed E-state index contributed by atoms with van der Waals surface area (Å²) in [6.45, 7) is 5.83. The number of fused-ring (bicyclic) bond motifs is 4. The van der Waals surface area contributed by atoms with E-state index in [-0.39, 0.29) is 28.7 Å². The molecule has 2 aliphatic rings. The minimum atomic E-state index is -0.700. The van der Waals surface area contributed by atoms with Crippen molar-refractivity contribution in [3.8, 4) is 22.6 Å². The summed E-state index contributed by atoms with van der Waals surface area (Å²) in [5.41, 5.74) is 4.05. The lowest BCUT2D eigenvalue weighted by molar-refractivity contribution is -0.0742. The van der Waals surface area contributed by atoms with E-state index in [0.717, 1.165) is 29.5 Å². The lowest BCUT2D eigenvalue weighted by Gasteiger charge is -2.55. The molecule has 2 aromatic carbocycles. The summed E-state index contributed by atoms with van der Waals surface area (Å²) in [5.74, 6) is 0.337. The summed E-state index contributed by atoms with van der Waals surface area (Å²) in [6, 6.07) is 16.0. The predicted octanol–water partition coefficient (Wildman–Crippen LogP) is 6.97. The van der Waals surface area contributed by atoms with Gasteiger partial charge >= 0.3 is 0 Å². The molecule has 1 N–H and O–H groups in total. The van der Waals surface area contributed by atoms with Crippen LogP contribution in [0.3, 0.4) is 0 Å². The number of halogens is 2. The highest BCUT2D eigenvalue weighted by molar-refractivity contribution is 5.93. The van der Waals surface area contributed by atoms with Crippen LogP contribution in [0.5, 0.6) is 0 Å². The van der Waals surface area contributed by atoms with E-state index >= 15 is 4.39 Å². The molecule has 3 atom stereocenters. The van der Waals surface area contributed by atoms with E-state index in [4.69, 9.17) is 9.97 Å². The van der Waals surface area contributed by atoms with Gasteiger partial charge in [0.15, 0.2) is 5.82 Å².